The van der Waals surface area contributed by atoms with E-state index in [1.807, 2.05) is 36.4 Å². The summed E-state index contributed by atoms with van der Waals surface area (Å²) in [6, 6.07) is 11.4. The van der Waals surface area contributed by atoms with Gasteiger partial charge in [-0.05, 0) is 36.2 Å². The highest BCUT2D eigenvalue weighted by Crippen LogP contribution is 2.33. The third-order valence-corrected chi connectivity index (χ3v) is 4.39. The van der Waals surface area contributed by atoms with Crippen LogP contribution < -0.4 is 18.9 Å². The lowest BCUT2D eigenvalue weighted by atomic mass is 10.1. The minimum absolute atomic E-state index is 0.0699. The number of benzene rings is 2. The van der Waals surface area contributed by atoms with E-state index in [1.165, 1.54) is 0 Å². The normalized spacial score (nSPS) is 12.0. The van der Waals surface area contributed by atoms with E-state index < -0.39 is 0 Å². The molecule has 3 rings (SSSR count). The number of amides is 1. The number of ether oxygens (including phenoxy) is 4. The third-order valence-electron chi connectivity index (χ3n) is 4.39. The number of aryl methyl sites for hydroxylation is 1. The first-order valence-electron chi connectivity index (χ1n) is 8.44. The molecular weight excluding hydrogens is 334 g/mol. The van der Waals surface area contributed by atoms with Crippen LogP contribution in [0.25, 0.3) is 0 Å². The van der Waals surface area contributed by atoms with Crippen molar-refractivity contribution in [1.82, 2.24) is 4.90 Å². The van der Waals surface area contributed by atoms with Crippen molar-refractivity contribution in [2.45, 2.75) is 19.4 Å². The highest BCUT2D eigenvalue weighted by atomic mass is 16.7. The number of hydrogen-bond acceptors (Lipinski definition) is 5. The number of hydrogen-bond donors (Lipinski definition) is 0. The molecule has 1 aliphatic rings. The standard InChI is InChI=1S/C20H23NO5/c1-21(12-15-6-7-16(23-2)11-18(15)24-3)20(22)9-5-14-4-8-17-19(10-14)26-13-25-17/h4,6-8,10-11H,5,9,12-13H2,1-3H3. The van der Waals surface area contributed by atoms with Crippen LogP contribution in [-0.4, -0.2) is 38.9 Å². The molecule has 6 heteroatoms. The van der Waals surface area contributed by atoms with E-state index >= 15 is 0 Å². The summed E-state index contributed by atoms with van der Waals surface area (Å²) in [5.74, 6) is 3.00. The Kier molecular flexibility index (Phi) is 5.51. The van der Waals surface area contributed by atoms with Crippen molar-refractivity contribution in [3.05, 3.63) is 47.5 Å². The van der Waals surface area contributed by atoms with Crippen LogP contribution in [0.5, 0.6) is 23.0 Å². The zero-order valence-electron chi connectivity index (χ0n) is 15.3. The molecule has 0 bridgehead atoms. The van der Waals surface area contributed by atoms with Crippen LogP contribution >= 0.6 is 0 Å². The summed E-state index contributed by atoms with van der Waals surface area (Å²) in [6.07, 6.45) is 1.08. The van der Waals surface area contributed by atoms with E-state index in [-0.39, 0.29) is 12.7 Å². The Labute approximate surface area is 153 Å². The number of methoxy groups -OCH3 is 2. The van der Waals surface area contributed by atoms with Crippen molar-refractivity contribution in [1.29, 1.82) is 0 Å². The van der Waals surface area contributed by atoms with Crippen molar-refractivity contribution < 1.29 is 23.7 Å². The number of fused-ring (bicyclic) bond motifs is 1. The van der Waals surface area contributed by atoms with Gasteiger partial charge in [0.05, 0.1) is 14.2 Å². The number of carbonyl (C=O) groups is 1. The molecule has 1 aliphatic heterocycles. The largest absolute Gasteiger partial charge is 0.497 e. The second-order valence-electron chi connectivity index (χ2n) is 6.12. The molecule has 26 heavy (non-hydrogen) atoms. The maximum atomic E-state index is 12.5. The Bertz CT molecular complexity index is 790. The highest BCUT2D eigenvalue weighted by Gasteiger charge is 2.16. The van der Waals surface area contributed by atoms with Crippen molar-refractivity contribution in [2.75, 3.05) is 28.1 Å². The van der Waals surface area contributed by atoms with E-state index in [4.69, 9.17) is 18.9 Å². The fraction of sp³-hybridized carbons (Fsp3) is 0.350. The maximum absolute atomic E-state index is 12.5. The van der Waals surface area contributed by atoms with Crippen LogP contribution in [0.1, 0.15) is 17.5 Å². The average molecular weight is 357 g/mol. The lowest BCUT2D eigenvalue weighted by Gasteiger charge is -2.19. The summed E-state index contributed by atoms with van der Waals surface area (Å²) in [7, 11) is 5.02. The Morgan fingerprint density at radius 3 is 2.65 bits per heavy atom. The third kappa shape index (κ3) is 4.02. The number of nitrogens with zero attached hydrogens (tertiary/aromatic N) is 1. The minimum atomic E-state index is 0.0699. The molecule has 1 amide bonds. The molecule has 0 unspecified atom stereocenters. The summed E-state index contributed by atoms with van der Waals surface area (Å²) >= 11 is 0. The maximum Gasteiger partial charge on any atom is 0.231 e. The lowest BCUT2D eigenvalue weighted by Crippen LogP contribution is -2.26. The molecule has 6 nitrogen and oxygen atoms in total. The molecule has 2 aromatic rings. The van der Waals surface area contributed by atoms with E-state index in [0.29, 0.717) is 25.1 Å². The Morgan fingerprint density at radius 2 is 1.88 bits per heavy atom. The molecule has 2 aromatic carbocycles. The molecule has 0 aromatic heterocycles. The summed E-state index contributed by atoms with van der Waals surface area (Å²) in [6.45, 7) is 0.733. The van der Waals surface area contributed by atoms with Crippen LogP contribution in [0, 0.1) is 0 Å². The zero-order chi connectivity index (χ0) is 18.5. The summed E-state index contributed by atoms with van der Waals surface area (Å²) < 4.78 is 21.3. The van der Waals surface area contributed by atoms with Gasteiger partial charge in [0.2, 0.25) is 12.7 Å². The molecule has 0 saturated heterocycles. The van der Waals surface area contributed by atoms with Gasteiger partial charge >= 0.3 is 0 Å². The molecule has 0 radical (unpaired) electrons. The van der Waals surface area contributed by atoms with E-state index in [9.17, 15) is 4.79 Å². The Morgan fingerprint density at radius 1 is 1.08 bits per heavy atom. The smallest absolute Gasteiger partial charge is 0.231 e. The molecule has 0 spiro atoms. The van der Waals surface area contributed by atoms with Crippen LogP contribution in [0.3, 0.4) is 0 Å². The molecule has 1 heterocycles. The van der Waals surface area contributed by atoms with Crippen molar-refractivity contribution in [2.24, 2.45) is 0 Å². The van der Waals surface area contributed by atoms with Gasteiger partial charge in [0, 0.05) is 31.6 Å². The summed E-state index contributed by atoms with van der Waals surface area (Å²) in [4.78, 5) is 14.2. The SMILES string of the molecule is COc1ccc(CN(C)C(=O)CCc2ccc3c(c2)OCO3)c(OC)c1. The van der Waals surface area contributed by atoms with Crippen molar-refractivity contribution in [3.63, 3.8) is 0 Å². The topological polar surface area (TPSA) is 57.2 Å². The molecule has 138 valence electrons. The first-order valence-corrected chi connectivity index (χ1v) is 8.44. The van der Waals surface area contributed by atoms with E-state index in [1.54, 1.807) is 26.2 Å². The van der Waals surface area contributed by atoms with Gasteiger partial charge in [-0.1, -0.05) is 6.07 Å². The van der Waals surface area contributed by atoms with Crippen molar-refractivity contribution in [3.8, 4) is 23.0 Å². The lowest BCUT2D eigenvalue weighted by molar-refractivity contribution is -0.130. The fourth-order valence-corrected chi connectivity index (χ4v) is 2.86. The number of rotatable bonds is 7. The second kappa shape index (κ2) is 7.99. The Balaban J connectivity index is 1.58. The molecule has 0 fully saturated rings. The second-order valence-corrected chi connectivity index (χ2v) is 6.12. The van der Waals surface area contributed by atoms with Gasteiger partial charge in [0.1, 0.15) is 11.5 Å². The van der Waals surface area contributed by atoms with E-state index in [0.717, 1.165) is 28.4 Å². The average Bonchev–Trinajstić information content (AvgIpc) is 3.14. The van der Waals surface area contributed by atoms with Gasteiger partial charge in [-0.3, -0.25) is 4.79 Å². The van der Waals surface area contributed by atoms with Gasteiger partial charge in [-0.2, -0.15) is 0 Å². The first-order chi connectivity index (χ1) is 12.6. The molecule has 0 aliphatic carbocycles. The number of carbonyl (C=O) groups excluding carboxylic acids is 1. The van der Waals surface area contributed by atoms with E-state index in [2.05, 4.69) is 0 Å². The van der Waals surface area contributed by atoms with Crippen LogP contribution in [0.4, 0.5) is 0 Å². The predicted octanol–water partition coefficient (Wildman–Crippen LogP) is 3.02. The predicted molar refractivity (Wildman–Crippen MR) is 96.9 cm³/mol. The molecule has 0 atom stereocenters. The van der Waals surface area contributed by atoms with Gasteiger partial charge in [0.15, 0.2) is 11.5 Å². The monoisotopic (exact) mass is 357 g/mol. The van der Waals surface area contributed by atoms with Crippen LogP contribution in [0.15, 0.2) is 36.4 Å². The highest BCUT2D eigenvalue weighted by molar-refractivity contribution is 5.76. The molecular formula is C20H23NO5. The quantitative estimate of drug-likeness (QED) is 0.762. The van der Waals surface area contributed by atoms with Gasteiger partial charge in [0.25, 0.3) is 0 Å². The minimum Gasteiger partial charge on any atom is -0.497 e. The molecule has 0 N–H and O–H groups in total. The van der Waals surface area contributed by atoms with Gasteiger partial charge in [-0.25, -0.2) is 0 Å². The van der Waals surface area contributed by atoms with Crippen molar-refractivity contribution >= 4 is 5.91 Å². The van der Waals surface area contributed by atoms with Crippen LogP contribution in [0.2, 0.25) is 0 Å². The Hall–Kier alpha value is -2.89. The van der Waals surface area contributed by atoms with Gasteiger partial charge in [-0.15, -0.1) is 0 Å². The fourth-order valence-electron chi connectivity index (χ4n) is 2.86. The first kappa shape index (κ1) is 17.9. The van der Waals surface area contributed by atoms with Crippen LogP contribution in [-0.2, 0) is 17.8 Å². The summed E-state index contributed by atoms with van der Waals surface area (Å²) in [5, 5.41) is 0. The van der Waals surface area contributed by atoms with Gasteiger partial charge < -0.3 is 23.8 Å². The summed E-state index contributed by atoms with van der Waals surface area (Å²) in [5.41, 5.74) is 1.99. The zero-order valence-corrected chi connectivity index (χ0v) is 15.3. The molecule has 0 saturated carbocycles.